The zero-order valence-corrected chi connectivity index (χ0v) is 10.1. The monoisotopic (exact) mass is 259 g/mol. The van der Waals surface area contributed by atoms with Gasteiger partial charge in [-0.15, -0.1) is 21.5 Å². The lowest BCUT2D eigenvalue weighted by molar-refractivity contribution is -0.136. The molecule has 1 N–H and O–H groups in total. The molecule has 3 aromatic rings. The van der Waals surface area contributed by atoms with Crippen molar-refractivity contribution in [1.29, 1.82) is 0 Å². The van der Waals surface area contributed by atoms with Gasteiger partial charge in [-0.1, -0.05) is 30.3 Å². The fourth-order valence-corrected chi connectivity index (χ4v) is 2.69. The standard InChI is InChI=1S/C12H9N3O2S/c16-11(17)6-10-13-14-12-15(10)9(7-18-12)8-4-2-1-3-5-8/h1-5,7H,6H2,(H,16,17). The van der Waals surface area contributed by atoms with Crippen LogP contribution in [-0.4, -0.2) is 25.7 Å². The second-order valence-electron chi connectivity index (χ2n) is 3.79. The van der Waals surface area contributed by atoms with Gasteiger partial charge in [0.15, 0.2) is 0 Å². The van der Waals surface area contributed by atoms with Crippen molar-refractivity contribution in [3.8, 4) is 11.3 Å². The summed E-state index contributed by atoms with van der Waals surface area (Å²) in [5.74, 6) is -0.452. The van der Waals surface area contributed by atoms with Gasteiger partial charge in [0, 0.05) is 5.38 Å². The molecule has 2 heterocycles. The summed E-state index contributed by atoms with van der Waals surface area (Å²) in [5, 5.41) is 18.7. The summed E-state index contributed by atoms with van der Waals surface area (Å²) in [5.41, 5.74) is 1.95. The smallest absolute Gasteiger partial charge is 0.311 e. The minimum absolute atomic E-state index is 0.127. The summed E-state index contributed by atoms with van der Waals surface area (Å²) >= 11 is 1.45. The van der Waals surface area contributed by atoms with E-state index in [2.05, 4.69) is 10.2 Å². The summed E-state index contributed by atoms with van der Waals surface area (Å²) in [4.78, 5) is 11.5. The number of carbonyl (C=O) groups is 1. The van der Waals surface area contributed by atoms with E-state index < -0.39 is 5.97 Å². The van der Waals surface area contributed by atoms with Crippen molar-refractivity contribution in [3.63, 3.8) is 0 Å². The van der Waals surface area contributed by atoms with Crippen LogP contribution >= 0.6 is 11.3 Å². The molecule has 0 atom stereocenters. The van der Waals surface area contributed by atoms with Crippen molar-refractivity contribution < 1.29 is 9.90 Å². The molecule has 0 bridgehead atoms. The van der Waals surface area contributed by atoms with Crippen molar-refractivity contribution in [2.75, 3.05) is 0 Å². The van der Waals surface area contributed by atoms with Gasteiger partial charge in [0.2, 0.25) is 4.96 Å². The quantitative estimate of drug-likeness (QED) is 0.782. The number of thiazole rings is 1. The molecule has 2 aromatic heterocycles. The van der Waals surface area contributed by atoms with Gasteiger partial charge in [0.05, 0.1) is 5.69 Å². The van der Waals surface area contributed by atoms with Crippen LogP contribution in [-0.2, 0) is 11.2 Å². The van der Waals surface area contributed by atoms with E-state index in [0.29, 0.717) is 10.8 Å². The third-order valence-corrected chi connectivity index (χ3v) is 3.41. The molecule has 0 amide bonds. The Morgan fingerprint density at radius 3 is 2.78 bits per heavy atom. The maximum atomic E-state index is 10.8. The van der Waals surface area contributed by atoms with E-state index in [1.54, 1.807) is 4.40 Å². The number of carboxylic acid groups (broad SMARTS) is 1. The summed E-state index contributed by atoms with van der Waals surface area (Å²) < 4.78 is 1.80. The predicted octanol–water partition coefficient (Wildman–Crippen LogP) is 2.08. The van der Waals surface area contributed by atoms with Crippen LogP contribution in [0.3, 0.4) is 0 Å². The second kappa shape index (κ2) is 4.23. The third kappa shape index (κ3) is 1.76. The average molecular weight is 259 g/mol. The lowest BCUT2D eigenvalue weighted by Gasteiger charge is -2.01. The second-order valence-corrected chi connectivity index (χ2v) is 4.63. The Labute approximate surface area is 106 Å². The van der Waals surface area contributed by atoms with E-state index in [9.17, 15) is 4.79 Å². The molecule has 1 aromatic carbocycles. The minimum Gasteiger partial charge on any atom is -0.481 e. The largest absolute Gasteiger partial charge is 0.481 e. The molecule has 0 saturated heterocycles. The van der Waals surface area contributed by atoms with Crippen LogP contribution in [0.2, 0.25) is 0 Å². The first-order chi connectivity index (χ1) is 8.75. The summed E-state index contributed by atoms with van der Waals surface area (Å²) in [7, 11) is 0. The number of hydrogen-bond acceptors (Lipinski definition) is 4. The first-order valence-electron chi connectivity index (χ1n) is 5.34. The van der Waals surface area contributed by atoms with Crippen LogP contribution in [0.15, 0.2) is 35.7 Å². The molecule has 0 saturated carbocycles. The number of aliphatic carboxylic acids is 1. The highest BCUT2D eigenvalue weighted by atomic mass is 32.1. The molecule has 18 heavy (non-hydrogen) atoms. The number of hydrogen-bond donors (Lipinski definition) is 1. The number of aromatic nitrogens is 3. The molecule has 0 aliphatic carbocycles. The molecule has 5 nitrogen and oxygen atoms in total. The normalized spacial score (nSPS) is 10.9. The van der Waals surface area contributed by atoms with Crippen molar-refractivity contribution in [3.05, 3.63) is 41.5 Å². The van der Waals surface area contributed by atoms with E-state index in [-0.39, 0.29) is 6.42 Å². The number of rotatable bonds is 3. The van der Waals surface area contributed by atoms with Gasteiger partial charge in [-0.3, -0.25) is 9.20 Å². The molecule has 0 radical (unpaired) electrons. The van der Waals surface area contributed by atoms with E-state index in [1.807, 2.05) is 35.7 Å². The fourth-order valence-electron chi connectivity index (χ4n) is 1.84. The predicted molar refractivity (Wildman–Crippen MR) is 67.6 cm³/mol. The van der Waals surface area contributed by atoms with Gasteiger partial charge >= 0.3 is 5.97 Å². The maximum Gasteiger partial charge on any atom is 0.311 e. The van der Waals surface area contributed by atoms with Gasteiger partial charge in [-0.05, 0) is 5.56 Å². The van der Waals surface area contributed by atoms with Gasteiger partial charge < -0.3 is 5.11 Å². The molecular weight excluding hydrogens is 250 g/mol. The first kappa shape index (κ1) is 10.9. The van der Waals surface area contributed by atoms with Crippen LogP contribution < -0.4 is 0 Å². The summed E-state index contributed by atoms with van der Waals surface area (Å²) in [6.07, 6.45) is -0.127. The van der Waals surface area contributed by atoms with Crippen molar-refractivity contribution >= 4 is 22.3 Å². The SMILES string of the molecule is O=C(O)Cc1nnc2scc(-c3ccccc3)n12. The summed E-state index contributed by atoms with van der Waals surface area (Å²) in [6.45, 7) is 0. The Balaban J connectivity index is 2.18. The molecule has 3 rings (SSSR count). The highest BCUT2D eigenvalue weighted by Gasteiger charge is 2.15. The Bertz CT molecular complexity index is 703. The van der Waals surface area contributed by atoms with Gasteiger partial charge in [-0.25, -0.2) is 0 Å². The average Bonchev–Trinajstić information content (AvgIpc) is 2.93. The molecule has 0 unspecified atom stereocenters. The molecule has 0 fully saturated rings. The van der Waals surface area contributed by atoms with E-state index in [0.717, 1.165) is 11.3 Å². The molecule has 6 heteroatoms. The Morgan fingerprint density at radius 1 is 1.28 bits per heavy atom. The number of fused-ring (bicyclic) bond motifs is 1. The maximum absolute atomic E-state index is 10.8. The zero-order valence-electron chi connectivity index (χ0n) is 9.28. The topological polar surface area (TPSA) is 67.5 Å². The fraction of sp³-hybridized carbons (Fsp3) is 0.0833. The lowest BCUT2D eigenvalue weighted by atomic mass is 10.2. The van der Waals surface area contributed by atoms with Crippen molar-refractivity contribution in [2.45, 2.75) is 6.42 Å². The van der Waals surface area contributed by atoms with Crippen LogP contribution in [0, 0.1) is 0 Å². The van der Waals surface area contributed by atoms with E-state index >= 15 is 0 Å². The Kier molecular flexibility index (Phi) is 2.56. The lowest BCUT2D eigenvalue weighted by Crippen LogP contribution is -2.05. The molecular formula is C12H9N3O2S. The highest BCUT2D eigenvalue weighted by Crippen LogP contribution is 2.26. The first-order valence-corrected chi connectivity index (χ1v) is 6.22. The van der Waals surface area contributed by atoms with Gasteiger partial charge in [-0.2, -0.15) is 0 Å². The number of benzene rings is 1. The molecule has 0 spiro atoms. The molecule has 0 aliphatic rings. The number of nitrogens with zero attached hydrogens (tertiary/aromatic N) is 3. The van der Waals surface area contributed by atoms with Crippen LogP contribution in [0.1, 0.15) is 5.82 Å². The van der Waals surface area contributed by atoms with Crippen molar-refractivity contribution in [2.24, 2.45) is 0 Å². The highest BCUT2D eigenvalue weighted by molar-refractivity contribution is 7.15. The van der Waals surface area contributed by atoms with Crippen LogP contribution in [0.25, 0.3) is 16.2 Å². The third-order valence-electron chi connectivity index (χ3n) is 2.60. The van der Waals surface area contributed by atoms with Crippen LogP contribution in [0.5, 0.6) is 0 Å². The van der Waals surface area contributed by atoms with Crippen molar-refractivity contribution in [1.82, 2.24) is 14.6 Å². The van der Waals surface area contributed by atoms with Crippen LogP contribution in [0.4, 0.5) is 0 Å². The molecule has 0 aliphatic heterocycles. The van der Waals surface area contributed by atoms with E-state index in [4.69, 9.17) is 5.11 Å². The van der Waals surface area contributed by atoms with Gasteiger partial charge in [0.25, 0.3) is 0 Å². The Morgan fingerprint density at radius 2 is 2.06 bits per heavy atom. The Hall–Kier alpha value is -2.21. The summed E-state index contributed by atoms with van der Waals surface area (Å²) in [6, 6.07) is 9.79. The zero-order chi connectivity index (χ0) is 12.5. The minimum atomic E-state index is -0.908. The number of carboxylic acids is 1. The van der Waals surface area contributed by atoms with E-state index in [1.165, 1.54) is 11.3 Å². The van der Waals surface area contributed by atoms with Gasteiger partial charge in [0.1, 0.15) is 12.2 Å². The molecule has 90 valence electrons.